The Morgan fingerprint density at radius 2 is 1.72 bits per heavy atom. The molecule has 3 aromatic carbocycles. The van der Waals surface area contributed by atoms with Gasteiger partial charge in [-0.2, -0.15) is 0 Å². The largest absolute Gasteiger partial charge is 0.457 e. The van der Waals surface area contributed by atoms with Crippen molar-refractivity contribution < 1.29 is 4.74 Å². The SMILES string of the molecule is NCCCCc1c(-c2cccc(Oc3ccccc3)c2)[nH]c2c(Br)cc(Cl)cc12. The molecule has 0 bridgehead atoms. The number of hydrogen-bond donors (Lipinski definition) is 2. The first-order chi connectivity index (χ1) is 14.2. The van der Waals surface area contributed by atoms with Crippen LogP contribution in [0.4, 0.5) is 0 Å². The van der Waals surface area contributed by atoms with E-state index in [0.29, 0.717) is 6.54 Å². The van der Waals surface area contributed by atoms with Crippen LogP contribution in [0.15, 0.2) is 71.2 Å². The summed E-state index contributed by atoms with van der Waals surface area (Å²) in [6.07, 6.45) is 2.95. The van der Waals surface area contributed by atoms with Crippen LogP contribution in [0.25, 0.3) is 22.2 Å². The maximum atomic E-state index is 6.34. The normalized spacial score (nSPS) is 11.1. The molecule has 0 saturated carbocycles. The molecular weight excluding hydrogens is 448 g/mol. The monoisotopic (exact) mass is 468 g/mol. The van der Waals surface area contributed by atoms with Crippen LogP contribution in [0.5, 0.6) is 11.5 Å². The summed E-state index contributed by atoms with van der Waals surface area (Å²) in [6.45, 7) is 0.697. The molecule has 3 nitrogen and oxygen atoms in total. The number of fused-ring (bicyclic) bond motifs is 1. The fraction of sp³-hybridized carbons (Fsp3) is 0.167. The molecule has 0 spiro atoms. The Bertz CT molecular complexity index is 1120. The summed E-state index contributed by atoms with van der Waals surface area (Å²) in [6, 6.07) is 21.9. The third-order valence-corrected chi connectivity index (χ3v) is 5.76. The third kappa shape index (κ3) is 4.50. The van der Waals surface area contributed by atoms with E-state index in [-0.39, 0.29) is 0 Å². The highest BCUT2D eigenvalue weighted by Crippen LogP contribution is 2.38. The summed E-state index contributed by atoms with van der Waals surface area (Å²) in [5.74, 6) is 1.62. The van der Waals surface area contributed by atoms with Crippen LogP contribution >= 0.6 is 27.5 Å². The van der Waals surface area contributed by atoms with Crippen LogP contribution in [0.2, 0.25) is 5.02 Å². The number of ether oxygens (including phenoxy) is 1. The lowest BCUT2D eigenvalue weighted by molar-refractivity contribution is 0.483. The van der Waals surface area contributed by atoms with Crippen molar-refractivity contribution in [3.05, 3.63) is 81.8 Å². The standard InChI is InChI=1S/C24H22BrClN2O/c25-22-15-17(26)14-21-20(11-4-5-12-27)23(28-24(21)22)16-7-6-10-19(13-16)29-18-8-2-1-3-9-18/h1-3,6-10,13-15,28H,4-5,11-12,27H2. The molecule has 0 amide bonds. The molecule has 1 aromatic heterocycles. The summed E-state index contributed by atoms with van der Waals surface area (Å²) in [5, 5.41) is 1.86. The van der Waals surface area contributed by atoms with E-state index in [1.807, 2.05) is 54.6 Å². The number of rotatable bonds is 7. The molecule has 0 atom stereocenters. The number of unbranched alkanes of at least 4 members (excludes halogenated alkanes) is 1. The Morgan fingerprint density at radius 3 is 2.52 bits per heavy atom. The van der Waals surface area contributed by atoms with E-state index in [1.165, 1.54) is 5.56 Å². The van der Waals surface area contributed by atoms with Gasteiger partial charge in [0.05, 0.1) is 5.52 Å². The molecule has 3 N–H and O–H groups in total. The second-order valence-electron chi connectivity index (χ2n) is 6.98. The quantitative estimate of drug-likeness (QED) is 0.278. The van der Waals surface area contributed by atoms with Gasteiger partial charge < -0.3 is 15.5 Å². The van der Waals surface area contributed by atoms with Gasteiger partial charge in [0.15, 0.2) is 0 Å². The van der Waals surface area contributed by atoms with E-state index < -0.39 is 0 Å². The molecule has 0 aliphatic heterocycles. The molecule has 29 heavy (non-hydrogen) atoms. The number of H-pyrrole nitrogens is 1. The first-order valence-electron chi connectivity index (χ1n) is 9.68. The minimum atomic E-state index is 0.697. The molecule has 148 valence electrons. The van der Waals surface area contributed by atoms with Crippen molar-refractivity contribution in [3.63, 3.8) is 0 Å². The third-order valence-electron chi connectivity index (χ3n) is 4.91. The number of aromatic nitrogens is 1. The molecule has 0 radical (unpaired) electrons. The first kappa shape index (κ1) is 20.0. The average Bonchev–Trinajstić information content (AvgIpc) is 3.08. The Balaban J connectivity index is 1.77. The Morgan fingerprint density at radius 1 is 0.931 bits per heavy atom. The van der Waals surface area contributed by atoms with Crippen LogP contribution in [-0.4, -0.2) is 11.5 Å². The van der Waals surface area contributed by atoms with Crippen LogP contribution < -0.4 is 10.5 Å². The highest BCUT2D eigenvalue weighted by atomic mass is 79.9. The fourth-order valence-corrected chi connectivity index (χ4v) is 4.48. The number of nitrogens with one attached hydrogen (secondary N) is 1. The first-order valence-corrected chi connectivity index (χ1v) is 10.9. The average molecular weight is 470 g/mol. The Kier molecular flexibility index (Phi) is 6.24. The fourth-order valence-electron chi connectivity index (χ4n) is 3.57. The summed E-state index contributed by atoms with van der Waals surface area (Å²) in [5.41, 5.74) is 10.2. The number of para-hydroxylation sites is 1. The van der Waals surface area contributed by atoms with E-state index in [4.69, 9.17) is 22.1 Å². The minimum Gasteiger partial charge on any atom is -0.457 e. The molecule has 4 rings (SSSR count). The number of aromatic amines is 1. The van der Waals surface area contributed by atoms with Gasteiger partial charge >= 0.3 is 0 Å². The van der Waals surface area contributed by atoms with Crippen molar-refractivity contribution >= 4 is 38.4 Å². The van der Waals surface area contributed by atoms with E-state index >= 15 is 0 Å². The zero-order chi connectivity index (χ0) is 20.2. The highest BCUT2D eigenvalue weighted by Gasteiger charge is 2.16. The molecular formula is C24H22BrClN2O. The van der Waals surface area contributed by atoms with Crippen molar-refractivity contribution in [3.8, 4) is 22.8 Å². The van der Waals surface area contributed by atoms with E-state index in [0.717, 1.165) is 62.4 Å². The summed E-state index contributed by atoms with van der Waals surface area (Å²) >= 11 is 9.99. The van der Waals surface area contributed by atoms with Gasteiger partial charge in [0.1, 0.15) is 11.5 Å². The highest BCUT2D eigenvalue weighted by molar-refractivity contribution is 9.10. The minimum absolute atomic E-state index is 0.697. The molecule has 0 aliphatic rings. The van der Waals surface area contributed by atoms with Crippen LogP contribution in [-0.2, 0) is 6.42 Å². The molecule has 4 aromatic rings. The van der Waals surface area contributed by atoms with Gasteiger partial charge in [-0.05, 0) is 83.7 Å². The topological polar surface area (TPSA) is 51.0 Å². The number of aryl methyl sites for hydroxylation is 1. The van der Waals surface area contributed by atoms with Crippen molar-refractivity contribution in [2.45, 2.75) is 19.3 Å². The molecule has 0 fully saturated rings. The molecule has 0 unspecified atom stereocenters. The van der Waals surface area contributed by atoms with Gasteiger partial charge in [0.25, 0.3) is 0 Å². The van der Waals surface area contributed by atoms with Gasteiger partial charge in [-0.1, -0.05) is 41.9 Å². The zero-order valence-corrected chi connectivity index (χ0v) is 18.3. The summed E-state index contributed by atoms with van der Waals surface area (Å²) in [4.78, 5) is 3.60. The Labute approximate surface area is 184 Å². The van der Waals surface area contributed by atoms with Gasteiger partial charge in [-0.15, -0.1) is 0 Å². The lowest BCUT2D eigenvalue weighted by Crippen LogP contribution is -1.99. The molecule has 5 heteroatoms. The lowest BCUT2D eigenvalue weighted by Gasteiger charge is -2.09. The van der Waals surface area contributed by atoms with Gasteiger partial charge in [-0.3, -0.25) is 0 Å². The predicted molar refractivity (Wildman–Crippen MR) is 125 cm³/mol. The lowest BCUT2D eigenvalue weighted by atomic mass is 10.00. The van der Waals surface area contributed by atoms with Gasteiger partial charge in [-0.25, -0.2) is 0 Å². The molecule has 1 heterocycles. The summed E-state index contributed by atoms with van der Waals surface area (Å²) in [7, 11) is 0. The van der Waals surface area contributed by atoms with Crippen molar-refractivity contribution in [1.82, 2.24) is 4.98 Å². The molecule has 0 aliphatic carbocycles. The van der Waals surface area contributed by atoms with Crippen molar-refractivity contribution in [1.29, 1.82) is 0 Å². The summed E-state index contributed by atoms with van der Waals surface area (Å²) < 4.78 is 7.00. The van der Waals surface area contributed by atoms with Crippen LogP contribution in [0.1, 0.15) is 18.4 Å². The van der Waals surface area contributed by atoms with Crippen molar-refractivity contribution in [2.24, 2.45) is 5.73 Å². The molecule has 0 saturated heterocycles. The second kappa shape index (κ2) is 9.04. The number of benzene rings is 3. The van der Waals surface area contributed by atoms with E-state index in [1.54, 1.807) is 0 Å². The number of nitrogens with two attached hydrogens (primary N) is 1. The maximum Gasteiger partial charge on any atom is 0.128 e. The van der Waals surface area contributed by atoms with Crippen LogP contribution in [0, 0.1) is 0 Å². The second-order valence-corrected chi connectivity index (χ2v) is 8.27. The zero-order valence-electron chi connectivity index (χ0n) is 15.9. The predicted octanol–water partition coefficient (Wildman–Crippen LogP) is 7.32. The van der Waals surface area contributed by atoms with E-state index in [2.05, 4.69) is 33.0 Å². The number of hydrogen-bond acceptors (Lipinski definition) is 2. The van der Waals surface area contributed by atoms with Crippen molar-refractivity contribution in [2.75, 3.05) is 6.54 Å². The smallest absolute Gasteiger partial charge is 0.128 e. The van der Waals surface area contributed by atoms with E-state index in [9.17, 15) is 0 Å². The Hall–Kier alpha value is -2.27. The number of halogens is 2. The maximum absolute atomic E-state index is 6.34. The van der Waals surface area contributed by atoms with Crippen LogP contribution in [0.3, 0.4) is 0 Å². The van der Waals surface area contributed by atoms with Gasteiger partial charge in [0, 0.05) is 26.1 Å². The van der Waals surface area contributed by atoms with Gasteiger partial charge in [0.2, 0.25) is 0 Å².